The first-order chi connectivity index (χ1) is 8.70. The van der Waals surface area contributed by atoms with E-state index in [1.807, 2.05) is 0 Å². The Morgan fingerprint density at radius 1 is 1.32 bits per heavy atom. The van der Waals surface area contributed by atoms with Gasteiger partial charge in [-0.1, -0.05) is 11.6 Å². The minimum Gasteiger partial charge on any atom is -0.325 e. The molecule has 106 valence electrons. The third-order valence-electron chi connectivity index (χ3n) is 2.43. The number of rotatable bonds is 5. The summed E-state index contributed by atoms with van der Waals surface area (Å²) in [6, 6.07) is 6.33. The summed E-state index contributed by atoms with van der Waals surface area (Å²) in [5.74, 6) is -0.388. The van der Waals surface area contributed by atoms with Gasteiger partial charge in [0.25, 0.3) is 0 Å². The Morgan fingerprint density at radius 2 is 1.84 bits per heavy atom. The summed E-state index contributed by atoms with van der Waals surface area (Å²) in [4.78, 5) is 11.8. The summed E-state index contributed by atoms with van der Waals surface area (Å²) in [7, 11) is -3.41. The molecule has 5 nitrogen and oxygen atoms in total. The van der Waals surface area contributed by atoms with Crippen LogP contribution in [0.1, 0.15) is 13.8 Å². The van der Waals surface area contributed by atoms with E-state index in [0.29, 0.717) is 10.7 Å². The Morgan fingerprint density at radius 3 is 2.26 bits per heavy atom. The molecule has 0 spiro atoms. The average molecular weight is 305 g/mol. The van der Waals surface area contributed by atoms with Crippen molar-refractivity contribution in [3.8, 4) is 0 Å². The number of sulfonamides is 1. The smallest absolute Gasteiger partial charge is 0.239 e. The molecule has 1 amide bonds. The number of halogens is 1. The Kier molecular flexibility index (Phi) is 5.34. The van der Waals surface area contributed by atoms with Gasteiger partial charge >= 0.3 is 0 Å². The SMILES string of the molecule is CC(C)N(CC(=O)Nc1ccc(Cl)cc1)S(C)(=O)=O. The van der Waals surface area contributed by atoms with Crippen LogP contribution in [0.3, 0.4) is 0 Å². The Balaban J connectivity index is 2.71. The molecule has 0 aliphatic carbocycles. The molecule has 0 bridgehead atoms. The van der Waals surface area contributed by atoms with Crippen LogP contribution in [0, 0.1) is 0 Å². The van der Waals surface area contributed by atoms with Gasteiger partial charge in [0.1, 0.15) is 0 Å². The van der Waals surface area contributed by atoms with E-state index < -0.39 is 10.0 Å². The van der Waals surface area contributed by atoms with Gasteiger partial charge in [-0.15, -0.1) is 0 Å². The first kappa shape index (κ1) is 15.9. The van der Waals surface area contributed by atoms with E-state index in [0.717, 1.165) is 10.6 Å². The number of hydrogen-bond acceptors (Lipinski definition) is 3. The molecule has 0 radical (unpaired) electrons. The van der Waals surface area contributed by atoms with Crippen molar-refractivity contribution in [2.75, 3.05) is 18.1 Å². The Hall–Kier alpha value is -1.11. The summed E-state index contributed by atoms with van der Waals surface area (Å²) < 4.78 is 24.2. The highest BCUT2D eigenvalue weighted by molar-refractivity contribution is 7.88. The zero-order valence-corrected chi connectivity index (χ0v) is 12.6. The number of amides is 1. The van der Waals surface area contributed by atoms with Crippen LogP contribution in [0.15, 0.2) is 24.3 Å². The van der Waals surface area contributed by atoms with Crippen LogP contribution >= 0.6 is 11.6 Å². The number of benzene rings is 1. The second-order valence-electron chi connectivity index (χ2n) is 4.46. The van der Waals surface area contributed by atoms with Crippen LogP contribution in [0.25, 0.3) is 0 Å². The van der Waals surface area contributed by atoms with Gasteiger partial charge in [0.05, 0.1) is 12.8 Å². The monoisotopic (exact) mass is 304 g/mol. The van der Waals surface area contributed by atoms with Crippen molar-refractivity contribution in [3.05, 3.63) is 29.3 Å². The van der Waals surface area contributed by atoms with Crippen LogP contribution in [-0.2, 0) is 14.8 Å². The lowest BCUT2D eigenvalue weighted by Gasteiger charge is -2.23. The maximum atomic E-state index is 11.8. The van der Waals surface area contributed by atoms with Gasteiger partial charge in [-0.2, -0.15) is 4.31 Å². The maximum Gasteiger partial charge on any atom is 0.239 e. The number of anilines is 1. The average Bonchev–Trinajstić information content (AvgIpc) is 2.27. The topological polar surface area (TPSA) is 66.5 Å². The van der Waals surface area contributed by atoms with E-state index in [1.165, 1.54) is 0 Å². The summed E-state index contributed by atoms with van der Waals surface area (Å²) in [5.41, 5.74) is 0.576. The number of carbonyl (C=O) groups excluding carboxylic acids is 1. The van der Waals surface area contributed by atoms with Gasteiger partial charge in [0, 0.05) is 16.8 Å². The zero-order chi connectivity index (χ0) is 14.6. The molecule has 0 fully saturated rings. The number of nitrogens with zero attached hydrogens (tertiary/aromatic N) is 1. The number of nitrogens with one attached hydrogen (secondary N) is 1. The first-order valence-electron chi connectivity index (χ1n) is 5.72. The van der Waals surface area contributed by atoms with E-state index in [-0.39, 0.29) is 18.5 Å². The van der Waals surface area contributed by atoms with Gasteiger partial charge < -0.3 is 5.32 Å². The molecule has 1 N–H and O–H groups in total. The van der Waals surface area contributed by atoms with Crippen molar-refractivity contribution in [2.45, 2.75) is 19.9 Å². The molecule has 0 aliphatic heterocycles. The largest absolute Gasteiger partial charge is 0.325 e. The third kappa shape index (κ3) is 5.18. The Labute approximate surface area is 118 Å². The van der Waals surface area contributed by atoms with Crippen LogP contribution in [0.4, 0.5) is 5.69 Å². The molecule has 1 aromatic carbocycles. The van der Waals surface area contributed by atoms with Gasteiger partial charge in [-0.05, 0) is 38.1 Å². The quantitative estimate of drug-likeness (QED) is 0.904. The van der Waals surface area contributed by atoms with Gasteiger partial charge in [-0.25, -0.2) is 8.42 Å². The van der Waals surface area contributed by atoms with Gasteiger partial charge in [0.2, 0.25) is 15.9 Å². The predicted molar refractivity (Wildman–Crippen MR) is 76.8 cm³/mol. The molecule has 0 saturated carbocycles. The molecule has 19 heavy (non-hydrogen) atoms. The maximum absolute atomic E-state index is 11.8. The summed E-state index contributed by atoms with van der Waals surface area (Å²) in [6.07, 6.45) is 1.09. The van der Waals surface area contributed by atoms with Crippen LogP contribution < -0.4 is 5.32 Å². The first-order valence-corrected chi connectivity index (χ1v) is 7.95. The minimum absolute atomic E-state index is 0.209. The molecule has 0 saturated heterocycles. The molecule has 1 aromatic rings. The van der Waals surface area contributed by atoms with Crippen LogP contribution in [-0.4, -0.2) is 37.5 Å². The standard InChI is InChI=1S/C12H17ClN2O3S/c1-9(2)15(19(3,17)18)8-12(16)14-11-6-4-10(13)5-7-11/h4-7,9H,8H2,1-3H3,(H,14,16). The van der Waals surface area contributed by atoms with E-state index in [1.54, 1.807) is 38.1 Å². The van der Waals surface area contributed by atoms with Crippen molar-refractivity contribution in [1.82, 2.24) is 4.31 Å². The molecular formula is C12H17ClN2O3S. The fourth-order valence-electron chi connectivity index (χ4n) is 1.56. The summed E-state index contributed by atoms with van der Waals surface area (Å²) in [5, 5.41) is 3.19. The lowest BCUT2D eigenvalue weighted by atomic mass is 10.3. The normalized spacial score (nSPS) is 11.9. The lowest BCUT2D eigenvalue weighted by Crippen LogP contribution is -2.41. The molecular weight excluding hydrogens is 288 g/mol. The summed E-state index contributed by atoms with van der Waals surface area (Å²) >= 11 is 5.73. The van der Waals surface area contributed by atoms with Crippen molar-refractivity contribution in [3.63, 3.8) is 0 Å². The highest BCUT2D eigenvalue weighted by atomic mass is 35.5. The second kappa shape index (κ2) is 6.36. The van der Waals surface area contributed by atoms with E-state index in [4.69, 9.17) is 11.6 Å². The van der Waals surface area contributed by atoms with E-state index >= 15 is 0 Å². The van der Waals surface area contributed by atoms with Crippen molar-refractivity contribution < 1.29 is 13.2 Å². The van der Waals surface area contributed by atoms with E-state index in [9.17, 15) is 13.2 Å². The van der Waals surface area contributed by atoms with Crippen molar-refractivity contribution in [2.24, 2.45) is 0 Å². The predicted octanol–water partition coefficient (Wildman–Crippen LogP) is 1.95. The molecule has 0 unspecified atom stereocenters. The second-order valence-corrected chi connectivity index (χ2v) is 6.83. The molecule has 0 aliphatic rings. The molecule has 7 heteroatoms. The van der Waals surface area contributed by atoms with Gasteiger partial charge in [-0.3, -0.25) is 4.79 Å². The van der Waals surface area contributed by atoms with Crippen LogP contribution in [0.2, 0.25) is 5.02 Å². The molecule has 0 atom stereocenters. The fraction of sp³-hybridized carbons (Fsp3) is 0.417. The van der Waals surface area contributed by atoms with E-state index in [2.05, 4.69) is 5.32 Å². The minimum atomic E-state index is -3.41. The zero-order valence-electron chi connectivity index (χ0n) is 11.1. The molecule has 0 aromatic heterocycles. The van der Waals surface area contributed by atoms with Crippen molar-refractivity contribution in [1.29, 1.82) is 0 Å². The lowest BCUT2D eigenvalue weighted by molar-refractivity contribution is -0.116. The highest BCUT2D eigenvalue weighted by Gasteiger charge is 2.22. The highest BCUT2D eigenvalue weighted by Crippen LogP contribution is 2.13. The molecule has 0 heterocycles. The van der Waals surface area contributed by atoms with Crippen molar-refractivity contribution >= 4 is 33.2 Å². The fourth-order valence-corrected chi connectivity index (χ4v) is 2.80. The molecule has 1 rings (SSSR count). The number of hydrogen-bond donors (Lipinski definition) is 1. The third-order valence-corrected chi connectivity index (χ3v) is 4.08. The number of carbonyl (C=O) groups is 1. The Bertz CT molecular complexity index is 541. The van der Waals surface area contributed by atoms with Gasteiger partial charge in [0.15, 0.2) is 0 Å². The van der Waals surface area contributed by atoms with Crippen LogP contribution in [0.5, 0.6) is 0 Å². The summed E-state index contributed by atoms with van der Waals surface area (Å²) in [6.45, 7) is 3.23.